The molecule has 1 unspecified atom stereocenters. The van der Waals surface area contributed by atoms with E-state index in [1.165, 1.54) is 11.3 Å². The van der Waals surface area contributed by atoms with Gasteiger partial charge in [-0.3, -0.25) is 9.79 Å². The molecule has 2 rings (SSSR count). The lowest BCUT2D eigenvalue weighted by molar-refractivity contribution is -0.131. The molecule has 0 aliphatic carbocycles. The van der Waals surface area contributed by atoms with Gasteiger partial charge < -0.3 is 9.80 Å². The average molecular weight is 334 g/mol. The number of amides is 1. The molecule has 0 N–H and O–H groups in total. The first-order chi connectivity index (χ1) is 10.6. The molecule has 0 saturated carbocycles. The maximum absolute atomic E-state index is 12.4. The van der Waals surface area contributed by atoms with Crippen molar-refractivity contribution >= 4 is 11.7 Å². The molecular formula is C20H35N3O. The van der Waals surface area contributed by atoms with Gasteiger partial charge in [0.1, 0.15) is 12.4 Å². The van der Waals surface area contributed by atoms with Gasteiger partial charge in [-0.2, -0.15) is 0 Å². The Morgan fingerprint density at radius 2 is 1.46 bits per heavy atom. The summed E-state index contributed by atoms with van der Waals surface area (Å²) >= 11 is 0. The monoisotopic (exact) mass is 333 g/mol. The largest absolute Gasteiger partial charge is 0.338 e. The molecule has 136 valence electrons. The summed E-state index contributed by atoms with van der Waals surface area (Å²) in [5, 5.41) is 0. The molecule has 1 atom stereocenters. The molecule has 2 aliphatic rings. The molecule has 0 aromatic carbocycles. The summed E-state index contributed by atoms with van der Waals surface area (Å²) in [5.41, 5.74) is 2.62. The van der Waals surface area contributed by atoms with E-state index in [4.69, 9.17) is 4.99 Å². The number of hydrogen-bond acceptors (Lipinski definition) is 3. The van der Waals surface area contributed by atoms with Crippen LogP contribution in [0.4, 0.5) is 0 Å². The first kappa shape index (κ1) is 19.0. The number of hydrogen-bond donors (Lipinski definition) is 0. The Balaban J connectivity index is 2.72. The van der Waals surface area contributed by atoms with Crippen molar-refractivity contribution in [1.29, 1.82) is 0 Å². The van der Waals surface area contributed by atoms with E-state index >= 15 is 0 Å². The highest BCUT2D eigenvalue weighted by Crippen LogP contribution is 2.45. The molecule has 24 heavy (non-hydrogen) atoms. The Morgan fingerprint density at radius 3 is 1.88 bits per heavy atom. The third-order valence-corrected chi connectivity index (χ3v) is 4.82. The molecule has 0 radical (unpaired) electrons. The van der Waals surface area contributed by atoms with Crippen molar-refractivity contribution in [2.45, 2.75) is 68.4 Å². The summed E-state index contributed by atoms with van der Waals surface area (Å²) in [6.07, 6.45) is 0. The second-order valence-electron chi connectivity index (χ2n) is 10.4. The van der Waals surface area contributed by atoms with Crippen LogP contribution < -0.4 is 0 Å². The van der Waals surface area contributed by atoms with Crippen molar-refractivity contribution < 1.29 is 4.79 Å². The Kier molecular flexibility index (Phi) is 4.44. The van der Waals surface area contributed by atoms with Gasteiger partial charge in [0.2, 0.25) is 5.91 Å². The molecule has 4 heteroatoms. The van der Waals surface area contributed by atoms with Crippen LogP contribution in [0.3, 0.4) is 0 Å². The standard InChI is InChI=1S/C20H35N3O/c1-18(2,3)15-13-11-22(10)14(24)12-23(13)17(20(7,8)9)21-16(15)19(4,5)6/h16H,11-12H2,1-10H3. The summed E-state index contributed by atoms with van der Waals surface area (Å²) in [6, 6.07) is 0.138. The van der Waals surface area contributed by atoms with E-state index in [0.717, 1.165) is 5.84 Å². The fourth-order valence-corrected chi connectivity index (χ4v) is 3.67. The number of carbonyl (C=O) groups is 1. The van der Waals surface area contributed by atoms with Gasteiger partial charge >= 0.3 is 0 Å². The minimum Gasteiger partial charge on any atom is -0.338 e. The van der Waals surface area contributed by atoms with Crippen LogP contribution in [0.2, 0.25) is 0 Å². The quantitative estimate of drug-likeness (QED) is 0.673. The van der Waals surface area contributed by atoms with Crippen molar-refractivity contribution in [2.75, 3.05) is 20.1 Å². The molecule has 0 aromatic rings. The number of carbonyl (C=O) groups excluding carboxylic acids is 1. The first-order valence-corrected chi connectivity index (χ1v) is 8.97. The Bertz CT molecular complexity index is 594. The van der Waals surface area contributed by atoms with Crippen molar-refractivity contribution in [1.82, 2.24) is 9.80 Å². The van der Waals surface area contributed by atoms with Crippen LogP contribution in [0, 0.1) is 16.2 Å². The highest BCUT2D eigenvalue weighted by Gasteiger charge is 2.45. The van der Waals surface area contributed by atoms with Crippen LogP contribution >= 0.6 is 0 Å². The van der Waals surface area contributed by atoms with Crippen molar-refractivity contribution in [3.8, 4) is 0 Å². The van der Waals surface area contributed by atoms with E-state index in [-0.39, 0.29) is 28.2 Å². The number of aliphatic imine (C=N–C) groups is 1. The van der Waals surface area contributed by atoms with Gasteiger partial charge in [-0.25, -0.2) is 0 Å². The maximum Gasteiger partial charge on any atom is 0.242 e. The average Bonchev–Trinajstić information content (AvgIpc) is 2.34. The topological polar surface area (TPSA) is 35.9 Å². The minimum absolute atomic E-state index is 0.0136. The van der Waals surface area contributed by atoms with E-state index in [2.05, 4.69) is 67.2 Å². The highest BCUT2D eigenvalue weighted by molar-refractivity contribution is 5.95. The Labute approximate surface area is 148 Å². The highest BCUT2D eigenvalue weighted by atomic mass is 16.2. The zero-order chi connectivity index (χ0) is 18.7. The van der Waals surface area contributed by atoms with Gasteiger partial charge in [0, 0.05) is 18.2 Å². The number of fused-ring (bicyclic) bond motifs is 1. The third kappa shape index (κ3) is 3.38. The molecule has 1 amide bonds. The van der Waals surface area contributed by atoms with E-state index in [1.807, 2.05) is 11.9 Å². The van der Waals surface area contributed by atoms with Gasteiger partial charge in [0.25, 0.3) is 0 Å². The van der Waals surface area contributed by atoms with E-state index < -0.39 is 0 Å². The number of piperazine rings is 1. The van der Waals surface area contributed by atoms with Crippen molar-refractivity contribution in [2.24, 2.45) is 21.2 Å². The Hall–Kier alpha value is -1.32. The summed E-state index contributed by atoms with van der Waals surface area (Å²) in [7, 11) is 1.90. The molecular weight excluding hydrogens is 298 g/mol. The van der Waals surface area contributed by atoms with E-state index in [9.17, 15) is 4.79 Å². The molecule has 1 saturated heterocycles. The van der Waals surface area contributed by atoms with Crippen LogP contribution in [0.1, 0.15) is 62.3 Å². The molecule has 0 aromatic heterocycles. The second-order valence-corrected chi connectivity index (χ2v) is 10.4. The van der Waals surface area contributed by atoms with Crippen LogP contribution in [0.25, 0.3) is 0 Å². The summed E-state index contributed by atoms with van der Waals surface area (Å²) in [4.78, 5) is 21.6. The van der Waals surface area contributed by atoms with Gasteiger partial charge in [-0.1, -0.05) is 62.3 Å². The number of rotatable bonds is 0. The van der Waals surface area contributed by atoms with Crippen LogP contribution in [0.5, 0.6) is 0 Å². The van der Waals surface area contributed by atoms with Crippen molar-refractivity contribution in [3.05, 3.63) is 11.3 Å². The number of nitrogens with zero attached hydrogens (tertiary/aromatic N) is 3. The zero-order valence-electron chi connectivity index (χ0n) is 17.2. The predicted octanol–water partition coefficient (Wildman–Crippen LogP) is 3.93. The lowest BCUT2D eigenvalue weighted by Crippen LogP contribution is -2.56. The van der Waals surface area contributed by atoms with Gasteiger partial charge in [0.05, 0.1) is 12.6 Å². The second kappa shape index (κ2) is 5.60. The minimum atomic E-state index is -0.0889. The van der Waals surface area contributed by atoms with Gasteiger partial charge in [-0.05, 0) is 16.4 Å². The molecule has 2 heterocycles. The van der Waals surface area contributed by atoms with Crippen LogP contribution in [-0.4, -0.2) is 47.7 Å². The molecule has 0 spiro atoms. The lowest BCUT2D eigenvalue weighted by Gasteiger charge is -2.50. The normalized spacial score (nSPS) is 23.5. The summed E-state index contributed by atoms with van der Waals surface area (Å²) in [6.45, 7) is 21.2. The summed E-state index contributed by atoms with van der Waals surface area (Å²) in [5.74, 6) is 1.21. The maximum atomic E-state index is 12.4. The fourth-order valence-electron chi connectivity index (χ4n) is 3.67. The molecule has 2 aliphatic heterocycles. The molecule has 0 bridgehead atoms. The SMILES string of the molecule is CN1CC2=C(C(C)(C)C)C(C(C)(C)C)N=C(C(C)(C)C)N2CC1=O. The first-order valence-electron chi connectivity index (χ1n) is 8.97. The van der Waals surface area contributed by atoms with E-state index in [0.29, 0.717) is 13.1 Å². The Morgan fingerprint density at radius 1 is 0.917 bits per heavy atom. The van der Waals surface area contributed by atoms with E-state index in [1.54, 1.807) is 0 Å². The smallest absolute Gasteiger partial charge is 0.242 e. The van der Waals surface area contributed by atoms with Gasteiger partial charge in [-0.15, -0.1) is 0 Å². The third-order valence-electron chi connectivity index (χ3n) is 4.82. The number of amidine groups is 1. The zero-order valence-corrected chi connectivity index (χ0v) is 17.2. The van der Waals surface area contributed by atoms with Gasteiger partial charge in [0.15, 0.2) is 0 Å². The van der Waals surface area contributed by atoms with Crippen LogP contribution in [-0.2, 0) is 4.79 Å². The lowest BCUT2D eigenvalue weighted by atomic mass is 9.70. The summed E-state index contributed by atoms with van der Waals surface area (Å²) < 4.78 is 0. The van der Waals surface area contributed by atoms with Crippen LogP contribution in [0.15, 0.2) is 16.3 Å². The number of likely N-dealkylation sites (N-methyl/N-ethyl adjacent to an activating group) is 1. The molecule has 1 fully saturated rings. The predicted molar refractivity (Wildman–Crippen MR) is 101 cm³/mol. The molecule has 4 nitrogen and oxygen atoms in total. The van der Waals surface area contributed by atoms with Crippen molar-refractivity contribution in [3.63, 3.8) is 0 Å². The fraction of sp³-hybridized carbons (Fsp3) is 0.800.